The summed E-state index contributed by atoms with van der Waals surface area (Å²) in [6, 6.07) is 13.6. The molecule has 1 aliphatic carbocycles. The van der Waals surface area contributed by atoms with Crippen molar-refractivity contribution >= 4 is 0 Å². The first-order chi connectivity index (χ1) is 14.0. The minimum atomic E-state index is -1.06. The highest BCUT2D eigenvalue weighted by Crippen LogP contribution is 2.43. The Labute approximate surface area is 172 Å². The summed E-state index contributed by atoms with van der Waals surface area (Å²) in [6.45, 7) is 3.68. The molecule has 0 spiro atoms. The van der Waals surface area contributed by atoms with Gasteiger partial charge in [-0.3, -0.25) is 0 Å². The Balaban J connectivity index is 0.00000117. The van der Waals surface area contributed by atoms with Gasteiger partial charge in [0.2, 0.25) is 0 Å². The monoisotopic (exact) mass is 400 g/mol. The predicted octanol–water partition coefficient (Wildman–Crippen LogP) is 3.43. The van der Waals surface area contributed by atoms with E-state index < -0.39 is 18.3 Å². The third-order valence-electron chi connectivity index (χ3n) is 5.64. The van der Waals surface area contributed by atoms with E-state index in [4.69, 9.17) is 4.74 Å². The van der Waals surface area contributed by atoms with Crippen molar-refractivity contribution in [2.24, 2.45) is 0 Å². The molecule has 5 nitrogen and oxygen atoms in total. The van der Waals surface area contributed by atoms with Crippen LogP contribution in [0.15, 0.2) is 42.5 Å². The number of phenolic OH excluding ortho intramolecular Hbond substituents is 1. The van der Waals surface area contributed by atoms with Crippen LogP contribution >= 0.6 is 0 Å². The van der Waals surface area contributed by atoms with Crippen molar-refractivity contribution < 1.29 is 25.2 Å². The molecule has 2 fully saturated rings. The molecule has 4 atom stereocenters. The van der Waals surface area contributed by atoms with E-state index in [0.717, 1.165) is 17.5 Å². The quantitative estimate of drug-likeness (QED) is 0.617. The first-order valence-corrected chi connectivity index (χ1v) is 10.6. The highest BCUT2D eigenvalue weighted by molar-refractivity contribution is 5.41. The number of aliphatic hydroxyl groups is 3. The number of aliphatic hydroxyl groups excluding tert-OH is 3. The van der Waals surface area contributed by atoms with Gasteiger partial charge in [0.15, 0.2) is 0 Å². The Kier molecular flexibility index (Phi) is 7.30. The number of ether oxygens (including phenoxy) is 1. The number of rotatable bonds is 5. The van der Waals surface area contributed by atoms with E-state index in [-0.39, 0.29) is 18.5 Å². The Bertz CT molecular complexity index is 784. The zero-order chi connectivity index (χ0) is 21.0. The molecule has 2 aromatic rings. The summed E-state index contributed by atoms with van der Waals surface area (Å²) < 4.78 is 5.85. The molecule has 29 heavy (non-hydrogen) atoms. The van der Waals surface area contributed by atoms with Gasteiger partial charge in [-0.25, -0.2) is 0 Å². The second-order valence-corrected chi connectivity index (χ2v) is 7.72. The molecule has 4 N–H and O–H groups in total. The highest BCUT2D eigenvalue weighted by atomic mass is 16.5. The molecule has 2 aliphatic rings. The molecule has 1 saturated heterocycles. The fourth-order valence-corrected chi connectivity index (χ4v) is 3.92. The van der Waals surface area contributed by atoms with Crippen LogP contribution in [0.5, 0.6) is 5.75 Å². The lowest BCUT2D eigenvalue weighted by Gasteiger charge is -2.36. The van der Waals surface area contributed by atoms with Crippen LogP contribution < -0.4 is 0 Å². The molecule has 0 amide bonds. The maximum atomic E-state index is 10.1. The molecular formula is C24H32O5. The minimum Gasteiger partial charge on any atom is -0.508 e. The van der Waals surface area contributed by atoms with Gasteiger partial charge < -0.3 is 25.2 Å². The van der Waals surface area contributed by atoms with Crippen molar-refractivity contribution in [2.45, 2.75) is 69.9 Å². The second-order valence-electron chi connectivity index (χ2n) is 7.72. The van der Waals surface area contributed by atoms with Crippen molar-refractivity contribution in [3.05, 3.63) is 64.7 Å². The van der Waals surface area contributed by atoms with Gasteiger partial charge in [0.05, 0.1) is 18.8 Å². The lowest BCUT2D eigenvalue weighted by molar-refractivity contribution is -0.181. The van der Waals surface area contributed by atoms with E-state index in [9.17, 15) is 20.4 Å². The first kappa shape index (κ1) is 21.8. The maximum absolute atomic E-state index is 10.1. The van der Waals surface area contributed by atoms with E-state index in [1.54, 1.807) is 12.1 Å². The summed E-state index contributed by atoms with van der Waals surface area (Å²) in [7, 11) is 0. The van der Waals surface area contributed by atoms with Crippen LogP contribution in [-0.2, 0) is 11.2 Å². The molecule has 158 valence electrons. The third kappa shape index (κ3) is 5.17. The second kappa shape index (κ2) is 9.72. The van der Waals surface area contributed by atoms with Crippen LogP contribution in [-0.4, -0.2) is 45.3 Å². The smallest absolute Gasteiger partial charge is 0.115 e. The zero-order valence-electron chi connectivity index (χ0n) is 17.2. The molecule has 1 saturated carbocycles. The number of phenols is 1. The number of hydrogen-bond donors (Lipinski definition) is 4. The van der Waals surface area contributed by atoms with Crippen LogP contribution in [0.3, 0.4) is 0 Å². The van der Waals surface area contributed by atoms with Crippen molar-refractivity contribution in [1.29, 1.82) is 0 Å². The molecule has 0 unspecified atom stereocenters. The normalized spacial score (nSPS) is 26.5. The Hall–Kier alpha value is -1.92. The van der Waals surface area contributed by atoms with Crippen LogP contribution in [0.1, 0.15) is 67.4 Å². The minimum absolute atomic E-state index is 0.258. The third-order valence-corrected chi connectivity index (χ3v) is 5.64. The predicted molar refractivity (Wildman–Crippen MR) is 112 cm³/mol. The standard InChI is InChI=1S/C22H26O5.C2H6/c23-12-21-22(26)19(25)11-20(27-21)15-5-8-18(14-3-4-14)16(10-15)9-13-1-6-17(24)7-2-13;1-2/h1-2,5-8,10,14,19-26H,3-4,9,11-12H2;1-2H3/t19-,20-,21-,22+;/m1./s1. The van der Waals surface area contributed by atoms with E-state index in [2.05, 4.69) is 12.1 Å². The van der Waals surface area contributed by atoms with Gasteiger partial charge in [-0.1, -0.05) is 44.2 Å². The molecule has 0 bridgehead atoms. The fraction of sp³-hybridized carbons (Fsp3) is 0.500. The Morgan fingerprint density at radius 1 is 1.00 bits per heavy atom. The van der Waals surface area contributed by atoms with Crippen LogP contribution in [0, 0.1) is 0 Å². The number of aromatic hydroxyl groups is 1. The summed E-state index contributed by atoms with van der Waals surface area (Å²) in [5, 5.41) is 39.0. The average Bonchev–Trinajstić information content (AvgIpc) is 3.58. The van der Waals surface area contributed by atoms with Gasteiger partial charge in [0, 0.05) is 6.42 Å². The van der Waals surface area contributed by atoms with E-state index >= 15 is 0 Å². The lowest BCUT2D eigenvalue weighted by atomic mass is 9.89. The van der Waals surface area contributed by atoms with Crippen LogP contribution in [0.2, 0.25) is 0 Å². The topological polar surface area (TPSA) is 90.2 Å². The van der Waals surface area contributed by atoms with E-state index in [0.29, 0.717) is 12.3 Å². The molecule has 5 heteroatoms. The summed E-state index contributed by atoms with van der Waals surface area (Å²) in [4.78, 5) is 0. The van der Waals surface area contributed by atoms with Gasteiger partial charge in [0.25, 0.3) is 0 Å². The Morgan fingerprint density at radius 3 is 2.31 bits per heavy atom. The SMILES string of the molecule is CC.OC[C@H]1O[C@@H](c2ccc(C3CC3)c(Cc3ccc(O)cc3)c2)C[C@@H](O)[C@@H]1O. The van der Waals surface area contributed by atoms with E-state index in [1.165, 1.54) is 24.0 Å². The average molecular weight is 401 g/mol. The first-order valence-electron chi connectivity index (χ1n) is 10.6. The molecule has 0 aromatic heterocycles. The summed E-state index contributed by atoms with van der Waals surface area (Å²) in [5.74, 6) is 0.865. The highest BCUT2D eigenvalue weighted by Gasteiger charge is 2.37. The van der Waals surface area contributed by atoms with Gasteiger partial charge in [-0.05, 0) is 59.6 Å². The van der Waals surface area contributed by atoms with Gasteiger partial charge >= 0.3 is 0 Å². The van der Waals surface area contributed by atoms with Gasteiger partial charge in [0.1, 0.15) is 18.0 Å². The maximum Gasteiger partial charge on any atom is 0.115 e. The molecule has 1 aliphatic heterocycles. The van der Waals surface area contributed by atoms with Crippen molar-refractivity contribution in [3.8, 4) is 5.75 Å². The Morgan fingerprint density at radius 2 is 1.69 bits per heavy atom. The molecule has 0 radical (unpaired) electrons. The summed E-state index contributed by atoms with van der Waals surface area (Å²) in [5.41, 5.74) is 4.66. The van der Waals surface area contributed by atoms with Gasteiger partial charge in [-0.15, -0.1) is 0 Å². The zero-order valence-corrected chi connectivity index (χ0v) is 17.2. The van der Waals surface area contributed by atoms with Crippen LogP contribution in [0.25, 0.3) is 0 Å². The molecule has 4 rings (SSSR count). The molecular weight excluding hydrogens is 368 g/mol. The van der Waals surface area contributed by atoms with Crippen molar-refractivity contribution in [3.63, 3.8) is 0 Å². The fourth-order valence-electron chi connectivity index (χ4n) is 3.92. The largest absolute Gasteiger partial charge is 0.508 e. The van der Waals surface area contributed by atoms with Crippen molar-refractivity contribution in [2.75, 3.05) is 6.61 Å². The summed E-state index contributed by atoms with van der Waals surface area (Å²) >= 11 is 0. The van der Waals surface area contributed by atoms with E-state index in [1.807, 2.05) is 32.0 Å². The van der Waals surface area contributed by atoms with Crippen LogP contribution in [0.4, 0.5) is 0 Å². The lowest BCUT2D eigenvalue weighted by Crippen LogP contribution is -2.47. The molecule has 2 aromatic carbocycles. The van der Waals surface area contributed by atoms with Gasteiger partial charge in [-0.2, -0.15) is 0 Å². The number of hydrogen-bond acceptors (Lipinski definition) is 5. The number of benzene rings is 2. The molecule has 1 heterocycles. The van der Waals surface area contributed by atoms with Crippen molar-refractivity contribution in [1.82, 2.24) is 0 Å². The summed E-state index contributed by atoms with van der Waals surface area (Å²) in [6.07, 6.45) is 0.381.